The first-order chi connectivity index (χ1) is 11.7. The van der Waals surface area contributed by atoms with Gasteiger partial charge in [-0.15, -0.1) is 0 Å². The topological polar surface area (TPSA) is 83.4 Å². The van der Waals surface area contributed by atoms with Crippen LogP contribution in [0.3, 0.4) is 0 Å². The monoisotopic (exact) mass is 323 g/mol. The molecule has 6 heteroatoms. The number of amides is 1. The molecule has 0 aliphatic heterocycles. The third kappa shape index (κ3) is 4.27. The lowest BCUT2D eigenvalue weighted by Gasteiger charge is -2.11. The molecule has 122 valence electrons. The highest BCUT2D eigenvalue weighted by molar-refractivity contribution is 6.07. The van der Waals surface area contributed by atoms with Crippen LogP contribution >= 0.6 is 0 Å². The number of hydrogen-bond acceptors (Lipinski definition) is 5. The fraction of sp³-hybridized carbons (Fsp3) is 0.111. The Morgan fingerprint density at radius 2 is 1.88 bits per heavy atom. The molecule has 0 spiro atoms. The van der Waals surface area contributed by atoms with Crippen molar-refractivity contribution in [3.63, 3.8) is 0 Å². The van der Waals surface area contributed by atoms with Gasteiger partial charge < -0.3 is 20.1 Å². The van der Waals surface area contributed by atoms with Crippen LogP contribution in [0.1, 0.15) is 0 Å². The van der Waals surface area contributed by atoms with Crippen molar-refractivity contribution >= 4 is 17.3 Å². The van der Waals surface area contributed by atoms with Crippen LogP contribution in [0, 0.1) is 11.3 Å². The molecule has 2 aromatic rings. The average molecular weight is 323 g/mol. The summed E-state index contributed by atoms with van der Waals surface area (Å²) in [4.78, 5) is 12.3. The number of carbonyl (C=O) groups is 1. The summed E-state index contributed by atoms with van der Waals surface area (Å²) in [7, 11) is 3.02. The summed E-state index contributed by atoms with van der Waals surface area (Å²) in [6.45, 7) is 0. The number of nitriles is 1. The predicted molar refractivity (Wildman–Crippen MR) is 91.9 cm³/mol. The van der Waals surface area contributed by atoms with Gasteiger partial charge in [-0.25, -0.2) is 0 Å². The quantitative estimate of drug-likeness (QED) is 0.630. The molecule has 0 heterocycles. The van der Waals surface area contributed by atoms with Crippen molar-refractivity contribution < 1.29 is 14.3 Å². The number of nitrogens with zero attached hydrogens (tertiary/aromatic N) is 1. The molecule has 1 amide bonds. The van der Waals surface area contributed by atoms with E-state index in [1.807, 2.05) is 36.4 Å². The lowest BCUT2D eigenvalue weighted by atomic mass is 10.2. The minimum Gasteiger partial charge on any atom is -0.497 e. The molecule has 2 aromatic carbocycles. The van der Waals surface area contributed by atoms with Crippen molar-refractivity contribution in [1.29, 1.82) is 5.26 Å². The molecular weight excluding hydrogens is 306 g/mol. The number of hydrogen-bond donors (Lipinski definition) is 2. The predicted octanol–water partition coefficient (Wildman–Crippen LogP) is 3.16. The number of anilines is 2. The average Bonchev–Trinajstić information content (AvgIpc) is 2.63. The summed E-state index contributed by atoms with van der Waals surface area (Å²) < 4.78 is 10.3. The molecule has 0 unspecified atom stereocenters. The van der Waals surface area contributed by atoms with E-state index in [-0.39, 0.29) is 5.57 Å². The van der Waals surface area contributed by atoms with E-state index < -0.39 is 5.91 Å². The van der Waals surface area contributed by atoms with E-state index in [2.05, 4.69) is 10.6 Å². The highest BCUT2D eigenvalue weighted by Gasteiger charge is 2.13. The van der Waals surface area contributed by atoms with E-state index in [4.69, 9.17) is 9.47 Å². The second-order valence-corrected chi connectivity index (χ2v) is 4.70. The van der Waals surface area contributed by atoms with E-state index in [1.165, 1.54) is 20.4 Å². The summed E-state index contributed by atoms with van der Waals surface area (Å²) in [6.07, 6.45) is 1.36. The number of ether oxygens (including phenoxy) is 2. The van der Waals surface area contributed by atoms with Crippen molar-refractivity contribution in [3.05, 3.63) is 60.3 Å². The van der Waals surface area contributed by atoms with Gasteiger partial charge in [0.05, 0.1) is 19.9 Å². The Bertz CT molecular complexity index is 780. The maximum Gasteiger partial charge on any atom is 0.267 e. The fourth-order valence-electron chi connectivity index (χ4n) is 1.94. The minimum atomic E-state index is -0.549. The van der Waals surface area contributed by atoms with Crippen molar-refractivity contribution in [2.45, 2.75) is 0 Å². The molecule has 0 saturated heterocycles. The molecule has 6 nitrogen and oxygen atoms in total. The zero-order valence-corrected chi connectivity index (χ0v) is 13.4. The van der Waals surface area contributed by atoms with E-state index in [0.29, 0.717) is 17.2 Å². The molecule has 0 aromatic heterocycles. The molecule has 2 N–H and O–H groups in total. The number of benzene rings is 2. The Labute approximate surface area is 140 Å². The normalized spacial score (nSPS) is 10.5. The Morgan fingerprint density at radius 3 is 2.50 bits per heavy atom. The molecule has 0 radical (unpaired) electrons. The van der Waals surface area contributed by atoms with Crippen molar-refractivity contribution in [2.75, 3.05) is 24.9 Å². The molecule has 0 aliphatic carbocycles. The molecule has 0 saturated carbocycles. The van der Waals surface area contributed by atoms with Gasteiger partial charge >= 0.3 is 0 Å². The summed E-state index contributed by atoms with van der Waals surface area (Å²) in [5.74, 6) is 0.487. The second kappa shape index (κ2) is 8.25. The highest BCUT2D eigenvalue weighted by Crippen LogP contribution is 2.29. The second-order valence-electron chi connectivity index (χ2n) is 4.70. The Balaban J connectivity index is 2.16. The smallest absolute Gasteiger partial charge is 0.267 e. The first-order valence-electron chi connectivity index (χ1n) is 7.13. The maximum atomic E-state index is 12.3. The minimum absolute atomic E-state index is 0.0660. The van der Waals surface area contributed by atoms with Crippen LogP contribution in [-0.2, 0) is 4.79 Å². The van der Waals surface area contributed by atoms with Crippen LogP contribution in [-0.4, -0.2) is 20.1 Å². The Morgan fingerprint density at radius 1 is 1.12 bits per heavy atom. The largest absolute Gasteiger partial charge is 0.497 e. The third-order valence-corrected chi connectivity index (χ3v) is 3.18. The van der Waals surface area contributed by atoms with Gasteiger partial charge in [0.15, 0.2) is 0 Å². The fourth-order valence-corrected chi connectivity index (χ4v) is 1.94. The van der Waals surface area contributed by atoms with E-state index in [1.54, 1.807) is 18.2 Å². The number of carbonyl (C=O) groups excluding carboxylic acids is 1. The van der Waals surface area contributed by atoms with Crippen LogP contribution in [0.25, 0.3) is 0 Å². The van der Waals surface area contributed by atoms with E-state index in [9.17, 15) is 10.1 Å². The van der Waals surface area contributed by atoms with Gasteiger partial charge in [0.25, 0.3) is 5.91 Å². The Kier molecular flexibility index (Phi) is 5.81. The highest BCUT2D eigenvalue weighted by atomic mass is 16.5. The van der Waals surface area contributed by atoms with Crippen LogP contribution in [0.15, 0.2) is 60.3 Å². The molecule has 24 heavy (non-hydrogen) atoms. The standard InChI is InChI=1S/C18H17N3O3/c1-23-15-8-9-17(24-2)16(10-15)21-18(22)13(11-19)12-20-14-6-4-3-5-7-14/h3-10,12,20H,1-2H3,(H,21,22)/b13-12-. The molecular formula is C18H17N3O3. The number of rotatable bonds is 6. The SMILES string of the molecule is COc1ccc(OC)c(NC(=O)/C(C#N)=C\Nc2ccccc2)c1. The molecule has 0 bridgehead atoms. The van der Waals surface area contributed by atoms with Crippen LogP contribution in [0.2, 0.25) is 0 Å². The zero-order valence-electron chi connectivity index (χ0n) is 13.4. The van der Waals surface area contributed by atoms with Gasteiger partial charge in [-0.05, 0) is 24.3 Å². The lowest BCUT2D eigenvalue weighted by molar-refractivity contribution is -0.112. The summed E-state index contributed by atoms with van der Waals surface area (Å²) in [6, 6.07) is 16.1. The lowest BCUT2D eigenvalue weighted by Crippen LogP contribution is -2.15. The number of nitrogens with one attached hydrogen (secondary N) is 2. The van der Waals surface area contributed by atoms with Crippen LogP contribution in [0.5, 0.6) is 11.5 Å². The molecule has 0 atom stereocenters. The van der Waals surface area contributed by atoms with Crippen LogP contribution < -0.4 is 20.1 Å². The molecule has 0 fully saturated rings. The maximum absolute atomic E-state index is 12.3. The molecule has 0 aliphatic rings. The van der Waals surface area contributed by atoms with Crippen molar-refractivity contribution in [2.24, 2.45) is 0 Å². The first kappa shape index (κ1) is 16.9. The van der Waals surface area contributed by atoms with E-state index >= 15 is 0 Å². The van der Waals surface area contributed by atoms with Gasteiger partial charge in [0.2, 0.25) is 0 Å². The first-order valence-corrected chi connectivity index (χ1v) is 7.13. The van der Waals surface area contributed by atoms with Crippen molar-refractivity contribution in [1.82, 2.24) is 0 Å². The van der Waals surface area contributed by atoms with Gasteiger partial charge in [-0.3, -0.25) is 4.79 Å². The number of para-hydroxylation sites is 1. The van der Waals surface area contributed by atoms with Gasteiger partial charge in [0.1, 0.15) is 23.1 Å². The Hall–Kier alpha value is -3.46. The summed E-state index contributed by atoms with van der Waals surface area (Å²) >= 11 is 0. The molecule has 2 rings (SSSR count). The summed E-state index contributed by atoms with van der Waals surface area (Å²) in [5, 5.41) is 14.8. The summed E-state index contributed by atoms with van der Waals surface area (Å²) in [5.41, 5.74) is 1.13. The number of methoxy groups -OCH3 is 2. The van der Waals surface area contributed by atoms with Crippen LogP contribution in [0.4, 0.5) is 11.4 Å². The van der Waals surface area contributed by atoms with E-state index in [0.717, 1.165) is 5.69 Å². The zero-order chi connectivity index (χ0) is 17.4. The van der Waals surface area contributed by atoms with Gasteiger partial charge in [0, 0.05) is 18.0 Å². The third-order valence-electron chi connectivity index (χ3n) is 3.18. The van der Waals surface area contributed by atoms with Gasteiger partial charge in [-0.2, -0.15) is 5.26 Å². The van der Waals surface area contributed by atoms with Gasteiger partial charge in [-0.1, -0.05) is 18.2 Å². The van der Waals surface area contributed by atoms with Crippen molar-refractivity contribution in [3.8, 4) is 17.6 Å².